The standard InChI is InChI=1S/C21H21NO2/c1-16-7-9-17(10-8-16)11-12-20-19-6-4-3-5-18(19)13-14-22(20)15-21(23)24-2/h3-10,20H,13-15H2,1-2H3. The Kier molecular flexibility index (Phi) is 4.98. The molecule has 0 saturated carbocycles. The molecule has 3 heteroatoms. The molecule has 0 saturated heterocycles. The molecule has 0 fully saturated rings. The molecule has 2 aromatic rings. The lowest BCUT2D eigenvalue weighted by Gasteiger charge is -2.33. The highest BCUT2D eigenvalue weighted by molar-refractivity contribution is 5.71. The lowest BCUT2D eigenvalue weighted by Crippen LogP contribution is -2.38. The Hall–Kier alpha value is -2.57. The predicted molar refractivity (Wildman–Crippen MR) is 94.5 cm³/mol. The van der Waals surface area contributed by atoms with E-state index < -0.39 is 0 Å². The summed E-state index contributed by atoms with van der Waals surface area (Å²) in [6, 6.07) is 16.4. The molecule has 1 unspecified atom stereocenters. The Morgan fingerprint density at radius 2 is 1.96 bits per heavy atom. The Labute approximate surface area is 143 Å². The molecule has 1 atom stereocenters. The molecule has 0 spiro atoms. The predicted octanol–water partition coefficient (Wildman–Crippen LogP) is 3.12. The van der Waals surface area contributed by atoms with E-state index in [1.165, 1.54) is 23.8 Å². The van der Waals surface area contributed by atoms with Crippen LogP contribution >= 0.6 is 0 Å². The first-order chi connectivity index (χ1) is 11.7. The maximum atomic E-state index is 11.7. The van der Waals surface area contributed by atoms with Crippen molar-refractivity contribution in [3.8, 4) is 11.8 Å². The van der Waals surface area contributed by atoms with E-state index in [1.54, 1.807) is 0 Å². The van der Waals surface area contributed by atoms with Crippen molar-refractivity contribution < 1.29 is 9.53 Å². The van der Waals surface area contributed by atoms with Crippen molar-refractivity contribution in [2.75, 3.05) is 20.2 Å². The summed E-state index contributed by atoms with van der Waals surface area (Å²) in [7, 11) is 1.42. The molecule has 122 valence electrons. The fourth-order valence-corrected chi connectivity index (χ4v) is 2.98. The quantitative estimate of drug-likeness (QED) is 0.629. The maximum Gasteiger partial charge on any atom is 0.319 e. The summed E-state index contributed by atoms with van der Waals surface area (Å²) in [6.07, 6.45) is 0.926. The van der Waals surface area contributed by atoms with Crippen LogP contribution in [0, 0.1) is 18.8 Å². The van der Waals surface area contributed by atoms with Crippen molar-refractivity contribution in [3.63, 3.8) is 0 Å². The lowest BCUT2D eigenvalue weighted by molar-refractivity contribution is -0.142. The van der Waals surface area contributed by atoms with Gasteiger partial charge >= 0.3 is 5.97 Å². The first-order valence-corrected chi connectivity index (χ1v) is 8.14. The zero-order chi connectivity index (χ0) is 16.9. The van der Waals surface area contributed by atoms with Gasteiger partial charge in [-0.1, -0.05) is 53.8 Å². The second kappa shape index (κ2) is 7.33. The fraction of sp³-hybridized carbons (Fsp3) is 0.286. The molecule has 0 radical (unpaired) electrons. The van der Waals surface area contributed by atoms with Crippen LogP contribution in [0.5, 0.6) is 0 Å². The van der Waals surface area contributed by atoms with Crippen molar-refractivity contribution in [1.29, 1.82) is 0 Å². The second-order valence-electron chi connectivity index (χ2n) is 6.03. The summed E-state index contributed by atoms with van der Waals surface area (Å²) in [5.41, 5.74) is 4.70. The molecule has 0 amide bonds. The number of esters is 1. The number of carbonyl (C=O) groups excluding carboxylic acids is 1. The number of hydrogen-bond acceptors (Lipinski definition) is 3. The third kappa shape index (κ3) is 3.67. The smallest absolute Gasteiger partial charge is 0.319 e. The molecule has 24 heavy (non-hydrogen) atoms. The van der Waals surface area contributed by atoms with Gasteiger partial charge in [-0.05, 0) is 36.6 Å². The normalized spacial score (nSPS) is 16.7. The molecule has 3 rings (SSSR count). The molecule has 1 heterocycles. The van der Waals surface area contributed by atoms with Crippen molar-refractivity contribution in [1.82, 2.24) is 4.90 Å². The summed E-state index contributed by atoms with van der Waals surface area (Å²) >= 11 is 0. The van der Waals surface area contributed by atoms with Gasteiger partial charge < -0.3 is 4.74 Å². The topological polar surface area (TPSA) is 29.5 Å². The van der Waals surface area contributed by atoms with Gasteiger partial charge in [0.15, 0.2) is 0 Å². The number of nitrogens with zero attached hydrogens (tertiary/aromatic N) is 1. The highest BCUT2D eigenvalue weighted by atomic mass is 16.5. The highest BCUT2D eigenvalue weighted by Crippen LogP contribution is 2.29. The Morgan fingerprint density at radius 3 is 2.71 bits per heavy atom. The number of benzene rings is 2. The van der Waals surface area contributed by atoms with Gasteiger partial charge in [0.25, 0.3) is 0 Å². The van der Waals surface area contributed by atoms with Crippen molar-refractivity contribution in [2.45, 2.75) is 19.4 Å². The number of methoxy groups -OCH3 is 1. The van der Waals surface area contributed by atoms with Crippen LogP contribution in [-0.4, -0.2) is 31.1 Å². The fourth-order valence-electron chi connectivity index (χ4n) is 2.98. The average molecular weight is 319 g/mol. The maximum absolute atomic E-state index is 11.7. The molecule has 2 aromatic carbocycles. The first-order valence-electron chi connectivity index (χ1n) is 8.14. The van der Waals surface area contributed by atoms with Crippen LogP contribution in [0.25, 0.3) is 0 Å². The van der Waals surface area contributed by atoms with Gasteiger partial charge in [0.05, 0.1) is 19.7 Å². The van der Waals surface area contributed by atoms with Gasteiger partial charge in [0, 0.05) is 12.1 Å². The monoisotopic (exact) mass is 319 g/mol. The summed E-state index contributed by atoms with van der Waals surface area (Å²) in [5.74, 6) is 6.40. The minimum atomic E-state index is -0.225. The third-order valence-corrected chi connectivity index (χ3v) is 4.35. The van der Waals surface area contributed by atoms with Crippen LogP contribution in [0.1, 0.15) is 28.3 Å². The molecule has 0 bridgehead atoms. The van der Waals surface area contributed by atoms with Crippen LogP contribution in [0.2, 0.25) is 0 Å². The van der Waals surface area contributed by atoms with Gasteiger partial charge in [0.1, 0.15) is 0 Å². The van der Waals surface area contributed by atoms with E-state index in [9.17, 15) is 4.79 Å². The number of aryl methyl sites for hydroxylation is 1. The Morgan fingerprint density at radius 1 is 1.21 bits per heavy atom. The highest BCUT2D eigenvalue weighted by Gasteiger charge is 2.27. The van der Waals surface area contributed by atoms with Gasteiger partial charge in [-0.15, -0.1) is 0 Å². The molecule has 0 aliphatic carbocycles. The van der Waals surface area contributed by atoms with Crippen molar-refractivity contribution in [3.05, 3.63) is 70.8 Å². The Bertz CT molecular complexity index is 783. The SMILES string of the molecule is COC(=O)CN1CCc2ccccc2C1C#Cc1ccc(C)cc1. The average Bonchev–Trinajstić information content (AvgIpc) is 2.62. The van der Waals surface area contributed by atoms with Crippen LogP contribution in [0.15, 0.2) is 48.5 Å². The van der Waals surface area contributed by atoms with Gasteiger partial charge in [0.2, 0.25) is 0 Å². The van der Waals surface area contributed by atoms with E-state index in [4.69, 9.17) is 4.74 Å². The molecular weight excluding hydrogens is 298 g/mol. The summed E-state index contributed by atoms with van der Waals surface area (Å²) in [6.45, 7) is 3.13. The lowest BCUT2D eigenvalue weighted by atomic mass is 9.92. The molecule has 1 aliphatic heterocycles. The summed E-state index contributed by atoms with van der Waals surface area (Å²) in [4.78, 5) is 13.8. The van der Waals surface area contributed by atoms with Gasteiger partial charge in [-0.3, -0.25) is 9.69 Å². The number of ether oxygens (including phenoxy) is 1. The molecule has 0 N–H and O–H groups in total. The minimum Gasteiger partial charge on any atom is -0.468 e. The van der Waals surface area contributed by atoms with Gasteiger partial charge in [-0.2, -0.15) is 0 Å². The van der Waals surface area contributed by atoms with E-state index in [2.05, 4.69) is 54.0 Å². The number of carbonyl (C=O) groups is 1. The molecular formula is C21H21NO2. The number of fused-ring (bicyclic) bond motifs is 1. The van der Waals surface area contributed by atoms with E-state index in [0.717, 1.165) is 18.5 Å². The van der Waals surface area contributed by atoms with E-state index >= 15 is 0 Å². The van der Waals surface area contributed by atoms with Crippen molar-refractivity contribution >= 4 is 5.97 Å². The third-order valence-electron chi connectivity index (χ3n) is 4.35. The summed E-state index contributed by atoms with van der Waals surface area (Å²) in [5, 5.41) is 0. The zero-order valence-corrected chi connectivity index (χ0v) is 14.1. The largest absolute Gasteiger partial charge is 0.468 e. The van der Waals surface area contributed by atoms with Crippen LogP contribution in [0.3, 0.4) is 0 Å². The molecule has 0 aromatic heterocycles. The van der Waals surface area contributed by atoms with E-state index in [-0.39, 0.29) is 18.6 Å². The van der Waals surface area contributed by atoms with Crippen LogP contribution in [0.4, 0.5) is 0 Å². The van der Waals surface area contributed by atoms with Crippen LogP contribution in [-0.2, 0) is 16.0 Å². The number of rotatable bonds is 2. The van der Waals surface area contributed by atoms with Crippen LogP contribution < -0.4 is 0 Å². The minimum absolute atomic E-state index is 0.0876. The first kappa shape index (κ1) is 16.3. The zero-order valence-electron chi connectivity index (χ0n) is 14.1. The van der Waals surface area contributed by atoms with Crippen molar-refractivity contribution in [2.24, 2.45) is 0 Å². The molecule has 1 aliphatic rings. The Balaban J connectivity index is 1.92. The second-order valence-corrected chi connectivity index (χ2v) is 6.03. The van der Waals surface area contributed by atoms with E-state index in [1.807, 2.05) is 18.2 Å². The summed E-state index contributed by atoms with van der Waals surface area (Å²) < 4.78 is 4.84. The molecule has 3 nitrogen and oxygen atoms in total. The van der Waals surface area contributed by atoms with Gasteiger partial charge in [-0.25, -0.2) is 0 Å². The number of hydrogen-bond donors (Lipinski definition) is 0. The van der Waals surface area contributed by atoms with E-state index in [0.29, 0.717) is 0 Å².